The highest BCUT2D eigenvalue weighted by molar-refractivity contribution is 5.96. The Kier molecular flexibility index (Phi) is 3.49. The molecule has 2 heterocycles. The third-order valence-corrected chi connectivity index (χ3v) is 3.34. The Balaban J connectivity index is 1.93. The molecular weight excluding hydrogens is 274 g/mol. The maximum atomic E-state index is 12.5. The highest BCUT2D eigenvalue weighted by Crippen LogP contribution is 2.14. The maximum absolute atomic E-state index is 12.5. The number of carbonyl (C=O) groups excluding carboxylic acids is 1. The third-order valence-electron chi connectivity index (χ3n) is 3.34. The molecule has 1 unspecified atom stereocenters. The van der Waals surface area contributed by atoms with Gasteiger partial charge in [0.1, 0.15) is 5.69 Å². The summed E-state index contributed by atoms with van der Waals surface area (Å²) >= 11 is 0. The van der Waals surface area contributed by atoms with E-state index in [-0.39, 0.29) is 18.8 Å². The Hall–Kier alpha value is -2.54. The second-order valence-corrected chi connectivity index (χ2v) is 4.67. The molecule has 21 heavy (non-hydrogen) atoms. The van der Waals surface area contributed by atoms with Crippen molar-refractivity contribution in [3.8, 4) is 0 Å². The van der Waals surface area contributed by atoms with Crippen LogP contribution in [0.25, 0.3) is 11.0 Å². The molecule has 0 spiro atoms. The van der Waals surface area contributed by atoms with Crippen LogP contribution in [0.1, 0.15) is 10.5 Å². The molecule has 1 amide bonds. The zero-order chi connectivity index (χ0) is 14.8. The third kappa shape index (κ3) is 2.55. The van der Waals surface area contributed by atoms with Crippen LogP contribution in [0.5, 0.6) is 0 Å². The first-order valence-corrected chi connectivity index (χ1v) is 6.50. The van der Waals surface area contributed by atoms with Crippen LogP contribution in [0.15, 0.2) is 30.5 Å². The van der Waals surface area contributed by atoms with Crippen LogP contribution < -0.4 is 0 Å². The van der Waals surface area contributed by atoms with Gasteiger partial charge in [-0.1, -0.05) is 12.1 Å². The fraction of sp³-hybridized carbons (Fsp3) is 0.286. The normalized spacial score (nSPS) is 18.7. The summed E-state index contributed by atoms with van der Waals surface area (Å²) in [6.07, 6.45) is 1.37. The molecule has 1 aromatic heterocycles. The number of carboxylic acids is 1. The molecule has 0 bridgehead atoms. The number of benzene rings is 1. The van der Waals surface area contributed by atoms with Gasteiger partial charge in [-0.15, -0.1) is 0 Å². The minimum Gasteiger partial charge on any atom is -0.480 e. The molecule has 0 radical (unpaired) electrons. The lowest BCUT2D eigenvalue weighted by Gasteiger charge is -2.32. The minimum atomic E-state index is -1.09. The first-order valence-electron chi connectivity index (χ1n) is 6.50. The topological polar surface area (TPSA) is 92.6 Å². The van der Waals surface area contributed by atoms with Gasteiger partial charge >= 0.3 is 5.97 Å². The van der Waals surface area contributed by atoms with E-state index >= 15 is 0 Å². The van der Waals surface area contributed by atoms with Crippen molar-refractivity contribution in [2.45, 2.75) is 6.04 Å². The molecule has 0 aliphatic carbocycles. The van der Waals surface area contributed by atoms with Gasteiger partial charge in [0.05, 0.1) is 30.4 Å². The van der Waals surface area contributed by atoms with Crippen LogP contribution in [0, 0.1) is 0 Å². The van der Waals surface area contributed by atoms with E-state index in [1.165, 1.54) is 11.1 Å². The van der Waals surface area contributed by atoms with Crippen molar-refractivity contribution in [3.05, 3.63) is 36.2 Å². The largest absolute Gasteiger partial charge is 0.480 e. The van der Waals surface area contributed by atoms with E-state index < -0.39 is 17.9 Å². The number of rotatable bonds is 2. The predicted molar refractivity (Wildman–Crippen MR) is 72.8 cm³/mol. The van der Waals surface area contributed by atoms with E-state index in [0.29, 0.717) is 17.6 Å². The Morgan fingerprint density at radius 3 is 2.81 bits per heavy atom. The van der Waals surface area contributed by atoms with E-state index in [4.69, 9.17) is 9.84 Å². The molecule has 1 saturated heterocycles. The van der Waals surface area contributed by atoms with Crippen molar-refractivity contribution < 1.29 is 19.4 Å². The van der Waals surface area contributed by atoms with Gasteiger partial charge in [-0.05, 0) is 12.1 Å². The molecule has 1 aromatic carbocycles. The summed E-state index contributed by atoms with van der Waals surface area (Å²) in [6.45, 7) is 0.531. The Bertz CT molecular complexity index is 703. The average molecular weight is 287 g/mol. The number of morpholine rings is 1. The molecule has 1 N–H and O–H groups in total. The first-order chi connectivity index (χ1) is 10.2. The highest BCUT2D eigenvalue weighted by atomic mass is 16.5. The zero-order valence-electron chi connectivity index (χ0n) is 11.1. The number of hydrogen-bond donors (Lipinski definition) is 1. The molecule has 1 atom stereocenters. The fourth-order valence-corrected chi connectivity index (χ4v) is 2.26. The molecule has 108 valence electrons. The van der Waals surface area contributed by atoms with Crippen LogP contribution in [-0.2, 0) is 9.53 Å². The molecule has 1 aliphatic heterocycles. The molecule has 1 fully saturated rings. The Morgan fingerprint density at radius 2 is 2.05 bits per heavy atom. The summed E-state index contributed by atoms with van der Waals surface area (Å²) < 4.78 is 5.12. The number of amides is 1. The van der Waals surface area contributed by atoms with E-state index in [9.17, 15) is 9.59 Å². The van der Waals surface area contributed by atoms with E-state index in [1.54, 1.807) is 18.2 Å². The van der Waals surface area contributed by atoms with Crippen molar-refractivity contribution >= 4 is 22.9 Å². The summed E-state index contributed by atoms with van der Waals surface area (Å²) in [4.78, 5) is 33.4. The Morgan fingerprint density at radius 1 is 1.29 bits per heavy atom. The van der Waals surface area contributed by atoms with Gasteiger partial charge in [-0.25, -0.2) is 9.78 Å². The smallest absolute Gasteiger partial charge is 0.328 e. The lowest BCUT2D eigenvalue weighted by atomic mass is 10.2. The zero-order valence-corrected chi connectivity index (χ0v) is 11.1. The van der Waals surface area contributed by atoms with Crippen LogP contribution in [0.3, 0.4) is 0 Å². The quantitative estimate of drug-likeness (QED) is 0.867. The van der Waals surface area contributed by atoms with E-state index in [2.05, 4.69) is 9.97 Å². The molecule has 1 aliphatic rings. The number of carboxylic acid groups (broad SMARTS) is 1. The molecule has 7 nitrogen and oxygen atoms in total. The molecular formula is C14H13N3O4. The van der Waals surface area contributed by atoms with Crippen LogP contribution in [-0.4, -0.2) is 57.7 Å². The SMILES string of the molecule is O=C(O)C1COCCN1C(=O)c1cnc2ccccc2n1. The monoisotopic (exact) mass is 287 g/mol. The van der Waals surface area contributed by atoms with Crippen molar-refractivity contribution in [3.63, 3.8) is 0 Å². The lowest BCUT2D eigenvalue weighted by Crippen LogP contribution is -2.52. The summed E-state index contributed by atoms with van der Waals surface area (Å²) in [5.74, 6) is -1.53. The van der Waals surface area contributed by atoms with Gasteiger partial charge in [0.25, 0.3) is 5.91 Å². The average Bonchev–Trinajstić information content (AvgIpc) is 2.53. The number of ether oxygens (including phenoxy) is 1. The second-order valence-electron chi connectivity index (χ2n) is 4.67. The van der Waals surface area contributed by atoms with Gasteiger partial charge in [0.2, 0.25) is 0 Å². The summed E-state index contributed by atoms with van der Waals surface area (Å²) in [5, 5.41) is 9.17. The second kappa shape index (κ2) is 5.45. The van der Waals surface area contributed by atoms with Gasteiger partial charge < -0.3 is 14.7 Å². The number of para-hydroxylation sites is 2. The number of hydrogen-bond acceptors (Lipinski definition) is 5. The number of aromatic nitrogens is 2. The number of carbonyl (C=O) groups is 2. The van der Waals surface area contributed by atoms with Gasteiger partial charge in [-0.2, -0.15) is 0 Å². The number of nitrogens with zero attached hydrogens (tertiary/aromatic N) is 3. The van der Waals surface area contributed by atoms with E-state index in [0.717, 1.165) is 0 Å². The molecule has 7 heteroatoms. The van der Waals surface area contributed by atoms with Gasteiger partial charge in [0.15, 0.2) is 6.04 Å². The van der Waals surface area contributed by atoms with Gasteiger partial charge in [0, 0.05) is 6.54 Å². The maximum Gasteiger partial charge on any atom is 0.328 e. The minimum absolute atomic E-state index is 0.0118. The standard InChI is InChI=1S/C14H13N3O4/c18-13(17-5-6-21-8-12(17)14(19)20)11-7-15-9-3-1-2-4-10(9)16-11/h1-4,7,12H,5-6,8H2,(H,19,20). The highest BCUT2D eigenvalue weighted by Gasteiger charge is 2.33. The van der Waals surface area contributed by atoms with Crippen molar-refractivity contribution in [1.29, 1.82) is 0 Å². The predicted octanol–water partition coefficient (Wildman–Crippen LogP) is 0.555. The summed E-state index contributed by atoms with van der Waals surface area (Å²) in [7, 11) is 0. The summed E-state index contributed by atoms with van der Waals surface area (Å²) in [5.41, 5.74) is 1.43. The van der Waals surface area contributed by atoms with Crippen LogP contribution in [0.4, 0.5) is 0 Å². The van der Waals surface area contributed by atoms with Crippen LogP contribution >= 0.6 is 0 Å². The number of aliphatic carboxylic acids is 1. The fourth-order valence-electron chi connectivity index (χ4n) is 2.26. The molecule has 3 rings (SSSR count). The van der Waals surface area contributed by atoms with Crippen molar-refractivity contribution in [2.24, 2.45) is 0 Å². The van der Waals surface area contributed by atoms with Crippen molar-refractivity contribution in [1.82, 2.24) is 14.9 Å². The summed E-state index contributed by atoms with van der Waals surface area (Å²) in [6, 6.07) is 6.21. The Labute approximate surface area is 120 Å². The van der Waals surface area contributed by atoms with Crippen molar-refractivity contribution in [2.75, 3.05) is 19.8 Å². The molecule has 0 saturated carbocycles. The van der Waals surface area contributed by atoms with E-state index in [1.807, 2.05) is 6.07 Å². The molecule has 2 aromatic rings. The van der Waals surface area contributed by atoms with Crippen LogP contribution in [0.2, 0.25) is 0 Å². The first kappa shape index (κ1) is 13.4. The van der Waals surface area contributed by atoms with Gasteiger partial charge in [-0.3, -0.25) is 9.78 Å². The number of fused-ring (bicyclic) bond motifs is 1. The lowest BCUT2D eigenvalue weighted by molar-refractivity contribution is -0.147.